The summed E-state index contributed by atoms with van der Waals surface area (Å²) in [5.41, 5.74) is 5.56. The molecule has 2 aliphatic heterocycles. The fourth-order valence-electron chi connectivity index (χ4n) is 3.47. The van der Waals surface area contributed by atoms with E-state index < -0.39 is 5.60 Å². The van der Waals surface area contributed by atoms with Crippen LogP contribution in [-0.4, -0.2) is 103 Å². The standard InChI is InChI=1S/C20H38N6O4.HI/c1-5-29-18(27)25-9-6-16(7-10-25)23-17(21)22-8-11-24-12-14-26(15-13-24)19(28)30-20(2,3)4;/h16H,5-15H2,1-4H3,(H3,21,22,23);1H. The Morgan fingerprint density at radius 1 is 1.03 bits per heavy atom. The van der Waals surface area contributed by atoms with Crippen LogP contribution in [0.4, 0.5) is 9.59 Å². The Morgan fingerprint density at radius 2 is 1.61 bits per heavy atom. The summed E-state index contributed by atoms with van der Waals surface area (Å²) in [5.74, 6) is 0.442. The smallest absolute Gasteiger partial charge is 0.410 e. The van der Waals surface area contributed by atoms with E-state index in [9.17, 15) is 9.59 Å². The Kier molecular flexibility index (Phi) is 11.7. The van der Waals surface area contributed by atoms with Gasteiger partial charge in [0.05, 0.1) is 13.2 Å². The molecule has 2 fully saturated rings. The topological polar surface area (TPSA) is 113 Å². The number of likely N-dealkylation sites (tertiary alicyclic amines) is 1. The van der Waals surface area contributed by atoms with Crippen LogP contribution in [-0.2, 0) is 9.47 Å². The van der Waals surface area contributed by atoms with Gasteiger partial charge in [-0.25, -0.2) is 9.59 Å². The van der Waals surface area contributed by atoms with Crippen LogP contribution < -0.4 is 11.1 Å². The second kappa shape index (κ2) is 13.1. The van der Waals surface area contributed by atoms with Gasteiger partial charge in [0, 0.05) is 51.9 Å². The predicted molar refractivity (Wildman–Crippen MR) is 131 cm³/mol. The number of aliphatic imine (C=N–C) groups is 1. The highest BCUT2D eigenvalue weighted by Gasteiger charge is 2.26. The first kappa shape index (κ1) is 27.5. The second-order valence-corrected chi connectivity index (χ2v) is 8.68. The van der Waals surface area contributed by atoms with E-state index in [0.717, 1.165) is 32.5 Å². The quantitative estimate of drug-likeness (QED) is 0.302. The third-order valence-electron chi connectivity index (χ3n) is 5.10. The number of carbonyl (C=O) groups excluding carboxylic acids is 2. The fourth-order valence-corrected chi connectivity index (χ4v) is 3.47. The summed E-state index contributed by atoms with van der Waals surface area (Å²) >= 11 is 0. The minimum Gasteiger partial charge on any atom is -0.450 e. The lowest BCUT2D eigenvalue weighted by Crippen LogP contribution is -2.50. The number of amides is 2. The van der Waals surface area contributed by atoms with Gasteiger partial charge in [-0.2, -0.15) is 0 Å². The number of nitrogens with zero attached hydrogens (tertiary/aromatic N) is 4. The molecule has 2 saturated heterocycles. The van der Waals surface area contributed by atoms with Crippen LogP contribution in [0.2, 0.25) is 0 Å². The molecule has 0 saturated carbocycles. The van der Waals surface area contributed by atoms with E-state index >= 15 is 0 Å². The molecular formula is C20H39IN6O4. The van der Waals surface area contributed by atoms with E-state index in [1.165, 1.54) is 0 Å². The second-order valence-electron chi connectivity index (χ2n) is 8.68. The fraction of sp³-hybridized carbons (Fsp3) is 0.850. The molecule has 0 aromatic carbocycles. The van der Waals surface area contributed by atoms with Crippen molar-refractivity contribution < 1.29 is 19.1 Å². The van der Waals surface area contributed by atoms with Crippen molar-refractivity contribution in [1.29, 1.82) is 0 Å². The molecule has 180 valence electrons. The number of rotatable bonds is 5. The predicted octanol–water partition coefficient (Wildman–Crippen LogP) is 1.68. The third-order valence-corrected chi connectivity index (χ3v) is 5.10. The van der Waals surface area contributed by atoms with Crippen LogP contribution in [0.25, 0.3) is 0 Å². The van der Waals surface area contributed by atoms with Crippen molar-refractivity contribution in [2.24, 2.45) is 10.7 Å². The van der Waals surface area contributed by atoms with Gasteiger partial charge >= 0.3 is 12.2 Å². The first-order chi connectivity index (χ1) is 14.2. The Hall–Kier alpha value is -1.50. The van der Waals surface area contributed by atoms with Crippen molar-refractivity contribution in [2.75, 3.05) is 59.0 Å². The first-order valence-corrected chi connectivity index (χ1v) is 10.9. The largest absolute Gasteiger partial charge is 0.450 e. The Bertz CT molecular complexity index is 597. The highest BCUT2D eigenvalue weighted by atomic mass is 127. The minimum absolute atomic E-state index is 0. The monoisotopic (exact) mass is 554 g/mol. The SMILES string of the molecule is CCOC(=O)N1CCC(NC(N)=NCCN2CCN(C(=O)OC(C)(C)C)CC2)CC1.I. The van der Waals surface area contributed by atoms with Crippen molar-refractivity contribution >= 4 is 42.1 Å². The van der Waals surface area contributed by atoms with Crippen LogP contribution in [0.3, 0.4) is 0 Å². The summed E-state index contributed by atoms with van der Waals surface area (Å²) in [6, 6.07) is 0.219. The van der Waals surface area contributed by atoms with Gasteiger partial charge < -0.3 is 30.3 Å². The van der Waals surface area contributed by atoms with Gasteiger partial charge in [0.15, 0.2) is 5.96 Å². The number of nitrogens with two attached hydrogens (primary N) is 1. The summed E-state index contributed by atoms with van der Waals surface area (Å²) in [4.78, 5) is 34.0. The molecule has 11 heteroatoms. The van der Waals surface area contributed by atoms with Gasteiger partial charge in [-0.3, -0.25) is 9.89 Å². The van der Waals surface area contributed by atoms with Crippen molar-refractivity contribution in [2.45, 2.75) is 52.2 Å². The average Bonchev–Trinajstić information content (AvgIpc) is 2.68. The minimum atomic E-state index is -0.469. The number of ether oxygens (including phenoxy) is 2. The lowest BCUT2D eigenvalue weighted by molar-refractivity contribution is 0.0148. The lowest BCUT2D eigenvalue weighted by atomic mass is 10.1. The molecule has 0 unspecified atom stereocenters. The average molecular weight is 554 g/mol. The van der Waals surface area contributed by atoms with Gasteiger partial charge in [-0.1, -0.05) is 0 Å². The molecular weight excluding hydrogens is 515 g/mol. The van der Waals surface area contributed by atoms with Crippen molar-refractivity contribution in [3.05, 3.63) is 0 Å². The van der Waals surface area contributed by atoms with Crippen LogP contribution in [0.5, 0.6) is 0 Å². The molecule has 2 rings (SSSR count). The van der Waals surface area contributed by atoms with Crippen LogP contribution in [0, 0.1) is 0 Å². The zero-order chi connectivity index (χ0) is 22.1. The number of piperazine rings is 1. The van der Waals surface area contributed by atoms with Crippen molar-refractivity contribution in [3.63, 3.8) is 0 Å². The summed E-state index contributed by atoms with van der Waals surface area (Å²) in [5, 5.41) is 3.25. The van der Waals surface area contributed by atoms with Crippen LogP contribution in [0.1, 0.15) is 40.5 Å². The van der Waals surface area contributed by atoms with E-state index in [2.05, 4.69) is 15.2 Å². The summed E-state index contributed by atoms with van der Waals surface area (Å²) < 4.78 is 10.5. The van der Waals surface area contributed by atoms with E-state index in [1.54, 1.807) is 9.80 Å². The van der Waals surface area contributed by atoms with E-state index in [1.807, 2.05) is 27.7 Å². The molecule has 0 bridgehead atoms. The Balaban J connectivity index is 0.00000480. The first-order valence-electron chi connectivity index (χ1n) is 10.9. The molecule has 3 N–H and O–H groups in total. The molecule has 0 radical (unpaired) electrons. The van der Waals surface area contributed by atoms with Crippen LogP contribution >= 0.6 is 24.0 Å². The van der Waals surface area contributed by atoms with Gasteiger partial charge in [0.25, 0.3) is 0 Å². The zero-order valence-electron chi connectivity index (χ0n) is 19.3. The lowest BCUT2D eigenvalue weighted by Gasteiger charge is -2.35. The van der Waals surface area contributed by atoms with Crippen LogP contribution in [0.15, 0.2) is 4.99 Å². The molecule has 0 aromatic heterocycles. The molecule has 0 spiro atoms. The maximum Gasteiger partial charge on any atom is 0.410 e. The number of halogens is 1. The number of hydrogen-bond acceptors (Lipinski definition) is 6. The Morgan fingerprint density at radius 3 is 2.16 bits per heavy atom. The highest BCUT2D eigenvalue weighted by Crippen LogP contribution is 2.12. The molecule has 0 aliphatic carbocycles. The molecule has 0 atom stereocenters. The van der Waals surface area contributed by atoms with Gasteiger partial charge in [-0.05, 0) is 40.5 Å². The maximum atomic E-state index is 12.1. The zero-order valence-corrected chi connectivity index (χ0v) is 21.6. The number of nitrogens with one attached hydrogen (secondary N) is 1. The molecule has 31 heavy (non-hydrogen) atoms. The third kappa shape index (κ3) is 10.1. The van der Waals surface area contributed by atoms with Crippen molar-refractivity contribution in [3.8, 4) is 0 Å². The summed E-state index contributed by atoms with van der Waals surface area (Å²) in [7, 11) is 0. The highest BCUT2D eigenvalue weighted by molar-refractivity contribution is 14.0. The summed E-state index contributed by atoms with van der Waals surface area (Å²) in [6.45, 7) is 13.5. The molecule has 0 aromatic rings. The van der Waals surface area contributed by atoms with Crippen molar-refractivity contribution in [1.82, 2.24) is 20.0 Å². The molecule has 2 heterocycles. The number of hydrogen-bond donors (Lipinski definition) is 2. The maximum absolute atomic E-state index is 12.1. The number of carbonyl (C=O) groups is 2. The van der Waals surface area contributed by atoms with Gasteiger partial charge in [-0.15, -0.1) is 24.0 Å². The Labute approximate surface area is 202 Å². The molecule has 2 aliphatic rings. The summed E-state index contributed by atoms with van der Waals surface area (Å²) in [6.07, 6.45) is 1.15. The van der Waals surface area contributed by atoms with E-state index in [4.69, 9.17) is 15.2 Å². The van der Waals surface area contributed by atoms with Gasteiger partial charge in [0.2, 0.25) is 0 Å². The van der Waals surface area contributed by atoms with E-state index in [0.29, 0.717) is 45.3 Å². The number of piperidine rings is 1. The normalized spacial score (nSPS) is 18.9. The molecule has 10 nitrogen and oxygen atoms in total. The van der Waals surface area contributed by atoms with Gasteiger partial charge in [0.1, 0.15) is 5.60 Å². The number of guanidine groups is 1. The van der Waals surface area contributed by atoms with E-state index in [-0.39, 0.29) is 42.2 Å². The molecule has 2 amide bonds.